The molecule has 0 heterocycles. The molecule has 94 valence electrons. The summed E-state index contributed by atoms with van der Waals surface area (Å²) in [7, 11) is 1.23. The number of ether oxygens (including phenoxy) is 2. The molecule has 0 spiro atoms. The van der Waals surface area contributed by atoms with Crippen LogP contribution in [0.15, 0.2) is 36.0 Å². The lowest BCUT2D eigenvalue weighted by molar-refractivity contribution is -0.135. The first-order chi connectivity index (χ1) is 8.71. The first-order valence-corrected chi connectivity index (χ1v) is 5.39. The van der Waals surface area contributed by atoms with Gasteiger partial charge in [0.2, 0.25) is 0 Å². The van der Waals surface area contributed by atoms with Crippen LogP contribution in [0.2, 0.25) is 0 Å². The number of hydrogen-bond acceptors (Lipinski definition) is 5. The summed E-state index contributed by atoms with van der Waals surface area (Å²) in [6, 6.07) is 8.96. The fourth-order valence-corrected chi connectivity index (χ4v) is 1.24. The number of anilines is 1. The third-order valence-electron chi connectivity index (χ3n) is 2.05. The molecule has 0 aliphatic heterocycles. The van der Waals surface area contributed by atoms with Crippen LogP contribution in [0.5, 0.6) is 5.75 Å². The van der Waals surface area contributed by atoms with Gasteiger partial charge in [-0.3, -0.25) is 0 Å². The van der Waals surface area contributed by atoms with E-state index >= 15 is 0 Å². The number of benzene rings is 1. The van der Waals surface area contributed by atoms with E-state index in [4.69, 9.17) is 10.00 Å². The van der Waals surface area contributed by atoms with Crippen LogP contribution in [-0.4, -0.2) is 19.7 Å². The number of nitrogens with one attached hydrogen (secondary N) is 1. The first-order valence-electron chi connectivity index (χ1n) is 5.39. The van der Waals surface area contributed by atoms with Gasteiger partial charge in [0.1, 0.15) is 11.8 Å². The summed E-state index contributed by atoms with van der Waals surface area (Å²) in [5.74, 6) is 0.0402. The third-order valence-corrected chi connectivity index (χ3v) is 2.05. The van der Waals surface area contributed by atoms with E-state index in [1.54, 1.807) is 18.2 Å². The minimum Gasteiger partial charge on any atom is -0.494 e. The fourth-order valence-electron chi connectivity index (χ4n) is 1.24. The number of nitriles is 1. The maximum atomic E-state index is 11.2. The molecule has 1 rings (SSSR count). The van der Waals surface area contributed by atoms with Gasteiger partial charge in [0.15, 0.2) is 5.57 Å². The molecule has 0 aromatic heterocycles. The Morgan fingerprint density at radius 2 is 2.33 bits per heavy atom. The van der Waals surface area contributed by atoms with E-state index in [0.29, 0.717) is 12.4 Å². The van der Waals surface area contributed by atoms with E-state index in [9.17, 15) is 4.79 Å². The Labute approximate surface area is 106 Å². The Hall–Kier alpha value is -2.48. The Morgan fingerprint density at radius 1 is 1.56 bits per heavy atom. The van der Waals surface area contributed by atoms with Crippen LogP contribution in [-0.2, 0) is 9.53 Å². The fraction of sp³-hybridized carbons (Fsp3) is 0.231. The monoisotopic (exact) mass is 246 g/mol. The zero-order chi connectivity index (χ0) is 13.4. The summed E-state index contributed by atoms with van der Waals surface area (Å²) < 4.78 is 9.79. The van der Waals surface area contributed by atoms with Crippen molar-refractivity contribution in [3.63, 3.8) is 0 Å². The predicted octanol–water partition coefficient (Wildman–Crippen LogP) is 2.08. The van der Waals surface area contributed by atoms with Gasteiger partial charge in [-0.25, -0.2) is 4.79 Å². The van der Waals surface area contributed by atoms with Crippen molar-refractivity contribution in [2.45, 2.75) is 6.92 Å². The Bertz CT molecular complexity index is 489. The van der Waals surface area contributed by atoms with Gasteiger partial charge in [-0.05, 0) is 19.1 Å². The van der Waals surface area contributed by atoms with E-state index in [-0.39, 0.29) is 5.57 Å². The Kier molecular flexibility index (Phi) is 5.26. The average Bonchev–Trinajstić information content (AvgIpc) is 2.40. The number of rotatable bonds is 5. The zero-order valence-corrected chi connectivity index (χ0v) is 10.3. The second kappa shape index (κ2) is 6.97. The molecule has 5 heteroatoms. The van der Waals surface area contributed by atoms with Gasteiger partial charge in [0, 0.05) is 18.0 Å². The van der Waals surface area contributed by atoms with E-state index < -0.39 is 5.97 Å². The molecule has 0 unspecified atom stereocenters. The quantitative estimate of drug-likeness (QED) is 0.489. The highest BCUT2D eigenvalue weighted by molar-refractivity contribution is 5.93. The molecule has 0 aliphatic carbocycles. The molecule has 0 saturated heterocycles. The Balaban J connectivity index is 2.78. The minimum atomic E-state index is -0.675. The molecule has 0 radical (unpaired) electrons. The van der Waals surface area contributed by atoms with Crippen molar-refractivity contribution in [1.82, 2.24) is 0 Å². The number of carbonyl (C=O) groups excluding carboxylic acids is 1. The summed E-state index contributed by atoms with van der Waals surface area (Å²) in [6.45, 7) is 2.47. The molecule has 0 fully saturated rings. The molecule has 1 aromatic carbocycles. The highest BCUT2D eigenvalue weighted by Gasteiger charge is 2.07. The number of methoxy groups -OCH3 is 1. The molecule has 0 amide bonds. The Morgan fingerprint density at radius 3 is 2.94 bits per heavy atom. The standard InChI is InChI=1S/C13H14N2O3/c1-3-18-12-6-4-5-11(7-12)15-9-10(8-14)13(16)17-2/h4-7,9,15H,3H2,1-2H3/b10-9+. The predicted molar refractivity (Wildman–Crippen MR) is 66.9 cm³/mol. The second-order valence-corrected chi connectivity index (χ2v) is 3.27. The molecule has 1 aromatic rings. The van der Waals surface area contributed by atoms with Crippen LogP contribution in [0.1, 0.15) is 6.92 Å². The molecule has 5 nitrogen and oxygen atoms in total. The molecule has 0 atom stereocenters. The van der Waals surface area contributed by atoms with Crippen molar-refractivity contribution in [2.75, 3.05) is 19.0 Å². The highest BCUT2D eigenvalue weighted by atomic mass is 16.5. The molecular weight excluding hydrogens is 232 g/mol. The number of nitrogens with zero attached hydrogens (tertiary/aromatic N) is 1. The van der Waals surface area contributed by atoms with Crippen molar-refractivity contribution < 1.29 is 14.3 Å². The summed E-state index contributed by atoms with van der Waals surface area (Å²) in [6.07, 6.45) is 1.30. The molecule has 18 heavy (non-hydrogen) atoms. The lowest BCUT2D eigenvalue weighted by Gasteiger charge is -2.06. The highest BCUT2D eigenvalue weighted by Crippen LogP contribution is 2.17. The number of carbonyl (C=O) groups is 1. The van der Waals surface area contributed by atoms with Crippen molar-refractivity contribution in [3.8, 4) is 11.8 Å². The van der Waals surface area contributed by atoms with Crippen LogP contribution >= 0.6 is 0 Å². The average molecular weight is 246 g/mol. The maximum absolute atomic E-state index is 11.2. The van der Waals surface area contributed by atoms with Crippen LogP contribution in [0, 0.1) is 11.3 Å². The van der Waals surface area contributed by atoms with E-state index in [0.717, 1.165) is 5.69 Å². The van der Waals surface area contributed by atoms with E-state index in [1.807, 2.05) is 19.1 Å². The van der Waals surface area contributed by atoms with Gasteiger partial charge >= 0.3 is 5.97 Å². The van der Waals surface area contributed by atoms with Gasteiger partial charge in [-0.2, -0.15) is 5.26 Å². The van der Waals surface area contributed by atoms with Crippen LogP contribution < -0.4 is 10.1 Å². The topological polar surface area (TPSA) is 71.3 Å². The smallest absolute Gasteiger partial charge is 0.350 e. The molecular formula is C13H14N2O3. The summed E-state index contributed by atoms with van der Waals surface area (Å²) in [5, 5.41) is 11.6. The second-order valence-electron chi connectivity index (χ2n) is 3.27. The van der Waals surface area contributed by atoms with Crippen LogP contribution in [0.25, 0.3) is 0 Å². The van der Waals surface area contributed by atoms with Crippen molar-refractivity contribution >= 4 is 11.7 Å². The van der Waals surface area contributed by atoms with Gasteiger partial charge in [0.05, 0.1) is 13.7 Å². The summed E-state index contributed by atoms with van der Waals surface area (Å²) in [5.41, 5.74) is 0.622. The van der Waals surface area contributed by atoms with Crippen molar-refractivity contribution in [3.05, 3.63) is 36.0 Å². The zero-order valence-electron chi connectivity index (χ0n) is 10.3. The SMILES string of the molecule is CCOc1cccc(N/C=C(\C#N)C(=O)OC)c1. The van der Waals surface area contributed by atoms with Gasteiger partial charge in [0.25, 0.3) is 0 Å². The van der Waals surface area contributed by atoms with E-state index in [2.05, 4.69) is 10.1 Å². The lowest BCUT2D eigenvalue weighted by atomic mass is 10.3. The molecule has 1 N–H and O–H groups in total. The normalized spacial score (nSPS) is 10.4. The van der Waals surface area contributed by atoms with Crippen LogP contribution in [0.4, 0.5) is 5.69 Å². The molecule has 0 saturated carbocycles. The van der Waals surface area contributed by atoms with Gasteiger partial charge in [-0.15, -0.1) is 0 Å². The molecule has 0 bridgehead atoms. The lowest BCUT2D eigenvalue weighted by Crippen LogP contribution is -2.05. The number of hydrogen-bond donors (Lipinski definition) is 1. The largest absolute Gasteiger partial charge is 0.494 e. The summed E-state index contributed by atoms with van der Waals surface area (Å²) >= 11 is 0. The van der Waals surface area contributed by atoms with Gasteiger partial charge < -0.3 is 14.8 Å². The van der Waals surface area contributed by atoms with Gasteiger partial charge in [-0.1, -0.05) is 6.07 Å². The van der Waals surface area contributed by atoms with Crippen molar-refractivity contribution in [1.29, 1.82) is 5.26 Å². The van der Waals surface area contributed by atoms with E-state index in [1.165, 1.54) is 13.3 Å². The molecule has 0 aliphatic rings. The summed E-state index contributed by atoms with van der Waals surface area (Å²) in [4.78, 5) is 11.2. The third kappa shape index (κ3) is 3.83. The number of esters is 1. The maximum Gasteiger partial charge on any atom is 0.350 e. The minimum absolute atomic E-state index is 0.0979. The van der Waals surface area contributed by atoms with Crippen molar-refractivity contribution in [2.24, 2.45) is 0 Å². The van der Waals surface area contributed by atoms with Crippen LogP contribution in [0.3, 0.4) is 0 Å². The first kappa shape index (κ1) is 13.6.